The molecule has 0 radical (unpaired) electrons. The minimum Gasteiger partial charge on any atom is -0.444 e. The maximum atomic E-state index is 12.7. The molecule has 3 fully saturated rings. The number of amides is 1. The summed E-state index contributed by atoms with van der Waals surface area (Å²) in [5.74, 6) is 0.708. The third kappa shape index (κ3) is 3.93. The van der Waals surface area contributed by atoms with Crippen LogP contribution in [0, 0.1) is 0 Å². The van der Waals surface area contributed by atoms with Crippen LogP contribution in [0.4, 0.5) is 10.5 Å². The van der Waals surface area contributed by atoms with Gasteiger partial charge in [0.1, 0.15) is 5.60 Å². The smallest absolute Gasteiger partial charge is 0.410 e. The number of ether oxygens (including phenoxy) is 1. The number of carbonyl (C=O) groups excluding carboxylic acids is 1. The van der Waals surface area contributed by atoms with Gasteiger partial charge >= 0.3 is 6.09 Å². The van der Waals surface area contributed by atoms with Gasteiger partial charge in [-0.1, -0.05) is 12.1 Å². The van der Waals surface area contributed by atoms with Crippen LogP contribution in [0.5, 0.6) is 0 Å². The maximum absolute atomic E-state index is 12.7. The lowest BCUT2D eigenvalue weighted by molar-refractivity contribution is 0.0123. The second-order valence-electron chi connectivity index (χ2n) is 9.38. The van der Waals surface area contributed by atoms with E-state index in [1.54, 1.807) is 0 Å². The van der Waals surface area contributed by atoms with Gasteiger partial charge in [-0.25, -0.2) is 4.79 Å². The van der Waals surface area contributed by atoms with E-state index in [0.717, 1.165) is 32.4 Å². The summed E-state index contributed by atoms with van der Waals surface area (Å²) in [6.07, 6.45) is 5.54. The van der Waals surface area contributed by atoms with Gasteiger partial charge in [-0.2, -0.15) is 0 Å². The number of fused-ring (bicyclic) bond motifs is 2. The number of hydrogen-bond acceptors (Lipinski definition) is 4. The molecule has 5 nitrogen and oxygen atoms in total. The number of nitrogens with two attached hydrogens (primary N) is 1. The Kier molecular flexibility index (Phi) is 4.83. The van der Waals surface area contributed by atoms with Gasteiger partial charge in [0.15, 0.2) is 0 Å². The first-order valence-electron chi connectivity index (χ1n) is 10.4. The quantitative estimate of drug-likeness (QED) is 0.878. The fraction of sp³-hybridized carbons (Fsp3) is 0.682. The molecule has 1 aliphatic carbocycles. The Morgan fingerprint density at radius 3 is 2.37 bits per heavy atom. The van der Waals surface area contributed by atoms with Gasteiger partial charge in [-0.05, 0) is 82.5 Å². The average molecular weight is 372 g/mol. The van der Waals surface area contributed by atoms with Crippen molar-refractivity contribution in [3.8, 4) is 0 Å². The Balaban J connectivity index is 1.53. The molecular weight excluding hydrogens is 338 g/mol. The molecule has 4 rings (SSSR count). The van der Waals surface area contributed by atoms with E-state index in [9.17, 15) is 4.79 Å². The van der Waals surface area contributed by atoms with Crippen molar-refractivity contribution in [3.05, 3.63) is 29.3 Å². The lowest BCUT2D eigenvalue weighted by atomic mass is 10.0. The van der Waals surface area contributed by atoms with Crippen LogP contribution in [0.3, 0.4) is 0 Å². The lowest BCUT2D eigenvalue weighted by Crippen LogP contribution is -2.57. The van der Waals surface area contributed by atoms with E-state index in [4.69, 9.17) is 10.5 Å². The second kappa shape index (κ2) is 7.01. The summed E-state index contributed by atoms with van der Waals surface area (Å²) in [5.41, 5.74) is 9.53. The molecule has 0 spiro atoms. The summed E-state index contributed by atoms with van der Waals surface area (Å²) >= 11 is 0. The van der Waals surface area contributed by atoms with Gasteiger partial charge in [0, 0.05) is 18.8 Å². The first-order chi connectivity index (χ1) is 12.9. The topological polar surface area (TPSA) is 58.8 Å². The highest BCUT2D eigenvalue weighted by Gasteiger charge is 2.45. The summed E-state index contributed by atoms with van der Waals surface area (Å²) in [4.78, 5) is 17.2. The number of hydrogen-bond donors (Lipinski definition) is 1. The van der Waals surface area contributed by atoms with Crippen molar-refractivity contribution in [3.63, 3.8) is 0 Å². The summed E-state index contributed by atoms with van der Waals surface area (Å²) in [7, 11) is 0. The van der Waals surface area contributed by atoms with Gasteiger partial charge in [0.05, 0.1) is 12.1 Å². The average Bonchev–Trinajstić information content (AvgIpc) is 3.39. The molecule has 2 unspecified atom stereocenters. The molecule has 3 aliphatic rings. The van der Waals surface area contributed by atoms with E-state index < -0.39 is 5.60 Å². The highest BCUT2D eigenvalue weighted by atomic mass is 16.6. The Morgan fingerprint density at radius 2 is 1.81 bits per heavy atom. The van der Waals surface area contributed by atoms with Crippen LogP contribution < -0.4 is 10.6 Å². The largest absolute Gasteiger partial charge is 0.444 e. The van der Waals surface area contributed by atoms with Crippen LogP contribution >= 0.6 is 0 Å². The summed E-state index contributed by atoms with van der Waals surface area (Å²) in [5, 5.41) is 0. The van der Waals surface area contributed by atoms with Crippen LogP contribution in [0.15, 0.2) is 18.2 Å². The van der Waals surface area contributed by atoms with Crippen LogP contribution in [0.2, 0.25) is 0 Å². The number of rotatable bonds is 4. The zero-order chi connectivity index (χ0) is 19.2. The molecule has 5 heteroatoms. The number of carbonyl (C=O) groups is 1. The van der Waals surface area contributed by atoms with E-state index >= 15 is 0 Å². The molecular formula is C22H33N3O2. The molecule has 2 N–H and O–H groups in total. The molecule has 0 aromatic heterocycles. The Morgan fingerprint density at radius 1 is 1.15 bits per heavy atom. The zero-order valence-corrected chi connectivity index (χ0v) is 16.9. The van der Waals surface area contributed by atoms with Crippen LogP contribution in [-0.4, -0.2) is 48.3 Å². The number of benzene rings is 1. The Hall–Kier alpha value is -1.75. The molecule has 2 atom stereocenters. The van der Waals surface area contributed by atoms with Crippen LogP contribution in [0.25, 0.3) is 0 Å². The molecule has 2 heterocycles. The zero-order valence-electron chi connectivity index (χ0n) is 16.9. The van der Waals surface area contributed by atoms with Crippen molar-refractivity contribution in [2.24, 2.45) is 5.73 Å². The van der Waals surface area contributed by atoms with Crippen LogP contribution in [0.1, 0.15) is 63.5 Å². The summed E-state index contributed by atoms with van der Waals surface area (Å²) in [6, 6.07) is 7.42. The van der Waals surface area contributed by atoms with Gasteiger partial charge in [0.25, 0.3) is 0 Å². The minimum absolute atomic E-state index is 0.143. The Bertz CT molecular complexity index is 694. The molecule has 2 bridgehead atoms. The maximum Gasteiger partial charge on any atom is 0.410 e. The van der Waals surface area contributed by atoms with Crippen molar-refractivity contribution >= 4 is 11.8 Å². The van der Waals surface area contributed by atoms with Crippen LogP contribution in [-0.2, 0) is 11.2 Å². The van der Waals surface area contributed by atoms with Crippen molar-refractivity contribution < 1.29 is 9.53 Å². The van der Waals surface area contributed by atoms with E-state index in [2.05, 4.69) is 23.1 Å². The van der Waals surface area contributed by atoms with E-state index in [0.29, 0.717) is 12.5 Å². The fourth-order valence-electron chi connectivity index (χ4n) is 4.65. The van der Waals surface area contributed by atoms with Crippen molar-refractivity contribution in [2.45, 2.75) is 76.5 Å². The highest BCUT2D eigenvalue weighted by Crippen LogP contribution is 2.46. The molecule has 27 heavy (non-hydrogen) atoms. The SMILES string of the molecule is CC(C)(C)OC(=O)N1C2CCC1CN(c1ccc(CCN)cc1C1CC1)C2. The van der Waals surface area contributed by atoms with E-state index in [1.165, 1.54) is 29.7 Å². The van der Waals surface area contributed by atoms with E-state index in [1.807, 2.05) is 25.7 Å². The number of nitrogens with zero attached hydrogens (tertiary/aromatic N) is 2. The molecule has 1 aromatic rings. The second-order valence-corrected chi connectivity index (χ2v) is 9.38. The number of piperazine rings is 1. The third-order valence-corrected chi connectivity index (χ3v) is 5.97. The lowest BCUT2D eigenvalue weighted by Gasteiger charge is -2.43. The third-order valence-electron chi connectivity index (χ3n) is 5.97. The molecule has 1 aromatic carbocycles. The van der Waals surface area contributed by atoms with E-state index in [-0.39, 0.29) is 18.2 Å². The molecule has 1 saturated carbocycles. The van der Waals surface area contributed by atoms with Gasteiger partial charge in [-0.3, -0.25) is 4.90 Å². The van der Waals surface area contributed by atoms with Crippen molar-refractivity contribution in [2.75, 3.05) is 24.5 Å². The van der Waals surface area contributed by atoms with Crippen molar-refractivity contribution in [1.29, 1.82) is 0 Å². The number of anilines is 1. The first kappa shape index (κ1) is 18.6. The van der Waals surface area contributed by atoms with Gasteiger partial charge in [-0.15, -0.1) is 0 Å². The minimum atomic E-state index is -0.439. The molecule has 2 aliphatic heterocycles. The predicted molar refractivity (Wildman–Crippen MR) is 108 cm³/mol. The molecule has 2 saturated heterocycles. The first-order valence-corrected chi connectivity index (χ1v) is 10.4. The predicted octanol–water partition coefficient (Wildman–Crippen LogP) is 3.65. The van der Waals surface area contributed by atoms with Gasteiger partial charge < -0.3 is 15.4 Å². The summed E-state index contributed by atoms with van der Waals surface area (Å²) in [6.45, 7) is 8.33. The Labute approximate surface area is 162 Å². The standard InChI is InChI=1S/C22H33N3O2/c1-22(2,3)27-21(26)25-17-7-8-18(25)14-24(13-17)20-9-4-15(10-11-23)12-19(20)16-5-6-16/h4,9,12,16-18H,5-8,10-11,13-14,23H2,1-3H3. The normalized spacial score (nSPS) is 25.0. The van der Waals surface area contributed by atoms with Gasteiger partial charge in [0.2, 0.25) is 0 Å². The molecule has 1 amide bonds. The molecule has 148 valence electrons. The monoisotopic (exact) mass is 371 g/mol. The highest BCUT2D eigenvalue weighted by molar-refractivity contribution is 5.70. The van der Waals surface area contributed by atoms with Crippen molar-refractivity contribution in [1.82, 2.24) is 4.90 Å². The summed E-state index contributed by atoms with van der Waals surface area (Å²) < 4.78 is 5.67. The fourth-order valence-corrected chi connectivity index (χ4v) is 4.65.